The molecule has 1 fully saturated rings. The van der Waals surface area contributed by atoms with E-state index in [1.807, 2.05) is 35.2 Å². The van der Waals surface area contributed by atoms with E-state index in [1.54, 1.807) is 0 Å². The van der Waals surface area contributed by atoms with Gasteiger partial charge in [-0.3, -0.25) is 4.79 Å². The average Bonchev–Trinajstić information content (AvgIpc) is 2.95. The predicted octanol–water partition coefficient (Wildman–Crippen LogP) is 3.32. The van der Waals surface area contributed by atoms with Crippen LogP contribution in [0.5, 0.6) is 0 Å². The smallest absolute Gasteiger partial charge is 0.275 e. The maximum absolute atomic E-state index is 12.8. The minimum atomic E-state index is 0.0148. The average molecular weight is 301 g/mol. The Morgan fingerprint density at radius 3 is 2.52 bits per heavy atom. The molecule has 1 aliphatic heterocycles. The Morgan fingerprint density at radius 1 is 1.19 bits per heavy atom. The second-order valence-electron chi connectivity index (χ2n) is 5.97. The number of carbonyl (C=O) groups excluding carboxylic acids is 1. The molecule has 0 unspecified atom stereocenters. The topological polar surface area (TPSA) is 46.1 Å². The monoisotopic (exact) mass is 301 g/mol. The number of benzene rings is 1. The normalized spacial score (nSPS) is 22.3. The van der Waals surface area contributed by atoms with Crippen molar-refractivity contribution >= 4 is 17.4 Å². The highest BCUT2D eigenvalue weighted by Gasteiger charge is 2.29. The number of hydrogen-bond acceptors (Lipinski definition) is 4. The van der Waals surface area contributed by atoms with Crippen LogP contribution in [-0.2, 0) is 0 Å². The molecule has 0 aliphatic carbocycles. The van der Waals surface area contributed by atoms with Crippen LogP contribution < -0.4 is 0 Å². The van der Waals surface area contributed by atoms with E-state index < -0.39 is 0 Å². The minimum absolute atomic E-state index is 0.0148. The van der Waals surface area contributed by atoms with Gasteiger partial charge in [-0.25, -0.2) is 0 Å². The van der Waals surface area contributed by atoms with Gasteiger partial charge in [-0.05, 0) is 35.4 Å². The van der Waals surface area contributed by atoms with E-state index in [0.717, 1.165) is 23.5 Å². The van der Waals surface area contributed by atoms with Gasteiger partial charge in [0.15, 0.2) is 5.69 Å². The van der Waals surface area contributed by atoms with Crippen molar-refractivity contribution in [2.24, 2.45) is 11.8 Å². The van der Waals surface area contributed by atoms with Gasteiger partial charge in [-0.15, -0.1) is 5.10 Å². The zero-order chi connectivity index (χ0) is 14.8. The third-order valence-electron chi connectivity index (χ3n) is 3.88. The summed E-state index contributed by atoms with van der Waals surface area (Å²) < 4.78 is 4.00. The van der Waals surface area contributed by atoms with Gasteiger partial charge in [-0.2, -0.15) is 0 Å². The van der Waals surface area contributed by atoms with Gasteiger partial charge >= 0.3 is 0 Å². The van der Waals surface area contributed by atoms with Crippen LogP contribution in [0.2, 0.25) is 0 Å². The number of hydrogen-bond donors (Lipinski definition) is 0. The van der Waals surface area contributed by atoms with Gasteiger partial charge in [0.25, 0.3) is 5.91 Å². The fourth-order valence-electron chi connectivity index (χ4n) is 3.09. The van der Waals surface area contributed by atoms with Gasteiger partial charge in [-0.1, -0.05) is 48.7 Å². The van der Waals surface area contributed by atoms with Crippen molar-refractivity contribution < 1.29 is 4.79 Å². The molecule has 1 amide bonds. The summed E-state index contributed by atoms with van der Waals surface area (Å²) in [6.07, 6.45) is 1.19. The SMILES string of the molecule is C[C@@H]1C[C@@H](C)CN(C(=O)c2nnsc2-c2ccccc2)C1. The summed E-state index contributed by atoms with van der Waals surface area (Å²) in [5.74, 6) is 1.11. The molecule has 0 saturated carbocycles. The van der Waals surface area contributed by atoms with Gasteiger partial charge < -0.3 is 4.90 Å². The number of carbonyl (C=O) groups is 1. The molecule has 4 nitrogen and oxygen atoms in total. The van der Waals surface area contributed by atoms with Crippen molar-refractivity contribution in [3.05, 3.63) is 36.0 Å². The van der Waals surface area contributed by atoms with E-state index in [-0.39, 0.29) is 5.91 Å². The van der Waals surface area contributed by atoms with Gasteiger partial charge in [0.1, 0.15) is 0 Å². The summed E-state index contributed by atoms with van der Waals surface area (Å²) in [5, 5.41) is 4.10. The highest BCUT2D eigenvalue weighted by atomic mass is 32.1. The number of rotatable bonds is 2. The molecule has 0 spiro atoms. The van der Waals surface area contributed by atoms with Crippen LogP contribution in [0.25, 0.3) is 10.4 Å². The van der Waals surface area contributed by atoms with E-state index in [4.69, 9.17) is 0 Å². The van der Waals surface area contributed by atoms with E-state index in [1.165, 1.54) is 18.0 Å². The number of likely N-dealkylation sites (tertiary alicyclic amines) is 1. The second-order valence-corrected chi connectivity index (χ2v) is 6.73. The van der Waals surface area contributed by atoms with Crippen LogP contribution in [0.4, 0.5) is 0 Å². The fraction of sp³-hybridized carbons (Fsp3) is 0.438. The first kappa shape index (κ1) is 14.2. The third-order valence-corrected chi connectivity index (χ3v) is 4.66. The number of amides is 1. The summed E-state index contributed by atoms with van der Waals surface area (Å²) in [4.78, 5) is 15.6. The maximum Gasteiger partial charge on any atom is 0.275 e. The quantitative estimate of drug-likeness (QED) is 0.855. The summed E-state index contributed by atoms with van der Waals surface area (Å²) >= 11 is 1.29. The second kappa shape index (κ2) is 5.93. The van der Waals surface area contributed by atoms with E-state index >= 15 is 0 Å². The summed E-state index contributed by atoms with van der Waals surface area (Å²) in [5.41, 5.74) is 1.50. The third kappa shape index (κ3) is 2.97. The first-order valence-electron chi connectivity index (χ1n) is 7.32. The van der Waals surface area contributed by atoms with Crippen molar-refractivity contribution in [1.82, 2.24) is 14.5 Å². The molecule has 110 valence electrons. The van der Waals surface area contributed by atoms with Crippen LogP contribution in [0.3, 0.4) is 0 Å². The summed E-state index contributed by atoms with van der Waals surface area (Å²) in [6.45, 7) is 6.03. The first-order chi connectivity index (χ1) is 10.1. The van der Waals surface area contributed by atoms with E-state index in [2.05, 4.69) is 23.4 Å². The lowest BCUT2D eigenvalue weighted by molar-refractivity contribution is 0.0618. The predicted molar refractivity (Wildman–Crippen MR) is 84.2 cm³/mol. The van der Waals surface area contributed by atoms with E-state index in [0.29, 0.717) is 17.5 Å². The van der Waals surface area contributed by atoms with Crippen LogP contribution in [0.15, 0.2) is 30.3 Å². The van der Waals surface area contributed by atoms with Crippen LogP contribution in [-0.4, -0.2) is 33.5 Å². The van der Waals surface area contributed by atoms with Crippen LogP contribution >= 0.6 is 11.5 Å². The zero-order valence-electron chi connectivity index (χ0n) is 12.3. The van der Waals surface area contributed by atoms with Gasteiger partial charge in [0.2, 0.25) is 0 Å². The molecule has 1 aliphatic rings. The van der Waals surface area contributed by atoms with Gasteiger partial charge in [0, 0.05) is 13.1 Å². The van der Waals surface area contributed by atoms with Crippen molar-refractivity contribution in [2.75, 3.05) is 13.1 Å². The van der Waals surface area contributed by atoms with Crippen LogP contribution in [0.1, 0.15) is 30.8 Å². The largest absolute Gasteiger partial charge is 0.337 e. The Morgan fingerprint density at radius 2 is 1.86 bits per heavy atom. The Kier molecular flexibility index (Phi) is 4.01. The minimum Gasteiger partial charge on any atom is -0.337 e. The lowest BCUT2D eigenvalue weighted by Crippen LogP contribution is -2.42. The molecule has 2 heterocycles. The first-order valence-corrected chi connectivity index (χ1v) is 8.09. The molecule has 0 N–H and O–H groups in total. The Hall–Kier alpha value is -1.75. The molecule has 21 heavy (non-hydrogen) atoms. The molecule has 1 aromatic heterocycles. The van der Waals surface area contributed by atoms with Crippen molar-refractivity contribution in [1.29, 1.82) is 0 Å². The molecular weight excluding hydrogens is 282 g/mol. The zero-order valence-corrected chi connectivity index (χ0v) is 13.1. The number of nitrogens with zero attached hydrogens (tertiary/aromatic N) is 3. The highest BCUT2D eigenvalue weighted by Crippen LogP contribution is 2.28. The molecule has 0 radical (unpaired) electrons. The van der Waals surface area contributed by atoms with Crippen molar-refractivity contribution in [3.63, 3.8) is 0 Å². The standard InChI is InChI=1S/C16H19N3OS/c1-11-8-12(2)10-19(9-11)16(20)14-15(21-18-17-14)13-6-4-3-5-7-13/h3-7,11-12H,8-10H2,1-2H3/t11-,12-/m1/s1. The Balaban J connectivity index is 1.88. The molecule has 2 aromatic rings. The number of aromatic nitrogens is 2. The Labute approximate surface area is 129 Å². The molecule has 2 atom stereocenters. The molecule has 5 heteroatoms. The Bertz CT molecular complexity index is 615. The van der Waals surface area contributed by atoms with E-state index in [9.17, 15) is 4.79 Å². The molecular formula is C16H19N3OS. The number of piperidine rings is 1. The molecule has 1 saturated heterocycles. The van der Waals surface area contributed by atoms with Crippen LogP contribution in [0, 0.1) is 11.8 Å². The summed E-state index contributed by atoms with van der Waals surface area (Å²) in [7, 11) is 0. The lowest BCUT2D eigenvalue weighted by atomic mass is 9.91. The van der Waals surface area contributed by atoms with Crippen molar-refractivity contribution in [2.45, 2.75) is 20.3 Å². The molecule has 1 aromatic carbocycles. The fourth-order valence-corrected chi connectivity index (χ4v) is 3.75. The highest BCUT2D eigenvalue weighted by molar-refractivity contribution is 7.09. The lowest BCUT2D eigenvalue weighted by Gasteiger charge is -2.34. The van der Waals surface area contributed by atoms with Crippen molar-refractivity contribution in [3.8, 4) is 10.4 Å². The molecule has 3 rings (SSSR count). The van der Waals surface area contributed by atoms with Gasteiger partial charge in [0.05, 0.1) is 4.88 Å². The maximum atomic E-state index is 12.8. The molecule has 0 bridgehead atoms. The summed E-state index contributed by atoms with van der Waals surface area (Å²) in [6, 6.07) is 9.89.